The molecule has 0 bridgehead atoms. The van der Waals surface area contributed by atoms with Crippen molar-refractivity contribution < 1.29 is 33.0 Å². The van der Waals surface area contributed by atoms with E-state index in [1.165, 1.54) is 11.6 Å². The van der Waals surface area contributed by atoms with E-state index in [2.05, 4.69) is 53.4 Å². The number of esters is 1. The van der Waals surface area contributed by atoms with E-state index < -0.39 is 29.0 Å². The molecule has 6 rings (SSSR count). The summed E-state index contributed by atoms with van der Waals surface area (Å²) < 4.78 is 33.5. The topological polar surface area (TPSA) is 92.7 Å². The Morgan fingerprint density at radius 2 is 1.62 bits per heavy atom. The SMILES string of the molecule is C=C(C)[C@@H]1CC[C@]2(CC(=O)NCc3ccc(F)c(F)c3)CC[C@]3(C)[C@H](CC[C@@H]4[C@@]5(C)CC[C@H](OC(=O)CC(C)(C)C(=O)O)C(C)(C)[C@@H]5CC[C@]43C)[C@@H]12. The number of hydrogen-bond acceptors (Lipinski definition) is 4. The van der Waals surface area contributed by atoms with E-state index in [1.54, 1.807) is 13.8 Å². The van der Waals surface area contributed by atoms with Crippen molar-refractivity contribution in [1.29, 1.82) is 0 Å². The molecule has 8 heteroatoms. The minimum atomic E-state index is -1.17. The van der Waals surface area contributed by atoms with Gasteiger partial charge in [0.05, 0.1) is 11.8 Å². The van der Waals surface area contributed by atoms with Gasteiger partial charge in [-0.05, 0) is 154 Å². The van der Waals surface area contributed by atoms with Crippen LogP contribution in [0.1, 0.15) is 138 Å². The Labute approximate surface area is 310 Å². The average molecular weight is 724 g/mol. The predicted molar refractivity (Wildman–Crippen MR) is 198 cm³/mol. The lowest BCUT2D eigenvalue weighted by Gasteiger charge is -2.73. The van der Waals surface area contributed by atoms with Crippen molar-refractivity contribution in [3.63, 3.8) is 0 Å². The molecule has 52 heavy (non-hydrogen) atoms. The molecule has 10 atom stereocenters. The van der Waals surface area contributed by atoms with Crippen LogP contribution in [0.2, 0.25) is 0 Å². The Morgan fingerprint density at radius 3 is 2.27 bits per heavy atom. The first-order chi connectivity index (χ1) is 24.1. The van der Waals surface area contributed by atoms with Crippen LogP contribution < -0.4 is 5.32 Å². The van der Waals surface area contributed by atoms with Gasteiger partial charge in [0, 0.05) is 18.4 Å². The van der Waals surface area contributed by atoms with Crippen molar-refractivity contribution in [3.8, 4) is 0 Å². The quantitative estimate of drug-likeness (QED) is 0.196. The van der Waals surface area contributed by atoms with Gasteiger partial charge >= 0.3 is 11.9 Å². The maximum Gasteiger partial charge on any atom is 0.309 e. The molecule has 0 saturated heterocycles. The molecule has 5 saturated carbocycles. The van der Waals surface area contributed by atoms with Gasteiger partial charge in [-0.2, -0.15) is 0 Å². The standard InChI is InChI=1S/C44H63F2NO5/c1-26(2)28-14-19-44(23-35(48)47-25-27-10-12-30(45)31(46)22-27)21-20-42(8)29(37(28)44)11-13-33-41(7)17-16-34(52-36(49)24-39(3,4)38(50)51)40(5,6)32(41)15-18-43(33,42)9/h10,12,22,28-29,32-34,37H,1,11,13-21,23-25H2,2-9H3,(H,47,48)(H,50,51)/t28-,29+,32-,33+,34-,37+,41-,42+,43+,44+/m0/s1. The van der Waals surface area contributed by atoms with Crippen molar-refractivity contribution in [1.82, 2.24) is 5.32 Å². The number of rotatable bonds is 9. The van der Waals surface area contributed by atoms with E-state index >= 15 is 0 Å². The maximum absolute atomic E-state index is 13.9. The van der Waals surface area contributed by atoms with E-state index in [9.17, 15) is 28.3 Å². The van der Waals surface area contributed by atoms with Gasteiger partial charge in [-0.15, -0.1) is 0 Å². The van der Waals surface area contributed by atoms with Gasteiger partial charge in [0.1, 0.15) is 6.10 Å². The number of nitrogens with one attached hydrogen (secondary N) is 1. The molecule has 0 unspecified atom stereocenters. The van der Waals surface area contributed by atoms with Crippen LogP contribution in [-0.4, -0.2) is 29.1 Å². The number of fused-ring (bicyclic) bond motifs is 7. The molecule has 0 heterocycles. The first-order valence-electron chi connectivity index (χ1n) is 19.9. The molecule has 6 nitrogen and oxygen atoms in total. The monoisotopic (exact) mass is 723 g/mol. The number of halogens is 2. The van der Waals surface area contributed by atoms with Crippen LogP contribution in [0.15, 0.2) is 30.4 Å². The molecule has 1 aromatic carbocycles. The third-order valence-corrected chi connectivity index (χ3v) is 16.6. The number of aliphatic carboxylic acids is 1. The van der Waals surface area contributed by atoms with Crippen LogP contribution in [-0.2, 0) is 25.7 Å². The molecule has 5 aliphatic rings. The highest BCUT2D eigenvalue weighted by Gasteiger charge is 2.71. The molecule has 5 fully saturated rings. The number of carboxylic acids is 1. The van der Waals surface area contributed by atoms with Gasteiger partial charge in [-0.25, -0.2) is 8.78 Å². The van der Waals surface area contributed by atoms with Crippen LogP contribution in [0.4, 0.5) is 8.78 Å². The third kappa shape index (κ3) is 6.14. The number of ether oxygens (including phenoxy) is 1. The zero-order valence-electron chi connectivity index (χ0n) is 32.9. The van der Waals surface area contributed by atoms with Crippen LogP contribution in [0.25, 0.3) is 0 Å². The lowest BCUT2D eigenvalue weighted by Crippen LogP contribution is -2.67. The van der Waals surface area contributed by atoms with Gasteiger partial charge in [0.2, 0.25) is 5.91 Å². The Bertz CT molecular complexity index is 1620. The highest BCUT2D eigenvalue weighted by Crippen LogP contribution is 2.78. The Hall–Kier alpha value is -2.77. The summed E-state index contributed by atoms with van der Waals surface area (Å²) in [5.74, 6) is -1.07. The molecule has 1 amide bonds. The number of allylic oxidation sites excluding steroid dienone is 1. The Kier molecular flexibility index (Phi) is 9.90. The fourth-order valence-electron chi connectivity index (χ4n) is 13.6. The average Bonchev–Trinajstić information content (AvgIpc) is 3.42. The number of benzene rings is 1. The zero-order valence-corrected chi connectivity index (χ0v) is 32.9. The molecule has 0 radical (unpaired) electrons. The van der Waals surface area contributed by atoms with E-state index in [1.807, 2.05) is 0 Å². The van der Waals surface area contributed by atoms with Crippen molar-refractivity contribution >= 4 is 17.8 Å². The summed E-state index contributed by atoms with van der Waals surface area (Å²) in [4.78, 5) is 38.5. The molecule has 0 aromatic heterocycles. The highest BCUT2D eigenvalue weighted by atomic mass is 19.2. The van der Waals surface area contributed by atoms with E-state index in [4.69, 9.17) is 4.74 Å². The van der Waals surface area contributed by atoms with Crippen molar-refractivity contribution in [3.05, 3.63) is 47.5 Å². The summed E-state index contributed by atoms with van der Waals surface area (Å²) >= 11 is 0. The first-order valence-corrected chi connectivity index (χ1v) is 19.9. The summed E-state index contributed by atoms with van der Waals surface area (Å²) in [6.45, 7) is 22.2. The lowest BCUT2D eigenvalue weighted by atomic mass is 9.32. The molecule has 1 aromatic rings. The predicted octanol–water partition coefficient (Wildman–Crippen LogP) is 10.0. The number of carbonyl (C=O) groups is 3. The number of carbonyl (C=O) groups excluding carboxylic acids is 2. The molecular formula is C44H63F2NO5. The van der Waals surface area contributed by atoms with Crippen LogP contribution in [0.5, 0.6) is 0 Å². The second-order valence-electron chi connectivity index (χ2n) is 20.0. The van der Waals surface area contributed by atoms with Gasteiger partial charge < -0.3 is 15.2 Å². The van der Waals surface area contributed by atoms with Gasteiger partial charge in [0.15, 0.2) is 11.6 Å². The normalized spacial score (nSPS) is 39.3. The Balaban J connectivity index is 1.22. The summed E-state index contributed by atoms with van der Waals surface area (Å²) in [5, 5.41) is 12.6. The van der Waals surface area contributed by atoms with Crippen LogP contribution >= 0.6 is 0 Å². The molecule has 2 N–H and O–H groups in total. The smallest absolute Gasteiger partial charge is 0.309 e. The molecule has 288 valence electrons. The molecule has 5 aliphatic carbocycles. The summed E-state index contributed by atoms with van der Waals surface area (Å²) in [5.41, 5.74) is 0.587. The second kappa shape index (κ2) is 13.2. The van der Waals surface area contributed by atoms with Gasteiger partial charge in [-0.1, -0.05) is 52.8 Å². The van der Waals surface area contributed by atoms with Crippen LogP contribution in [0, 0.1) is 73.7 Å². The third-order valence-electron chi connectivity index (χ3n) is 16.6. The number of amides is 1. The summed E-state index contributed by atoms with van der Waals surface area (Å²) in [6, 6.07) is 3.79. The van der Waals surface area contributed by atoms with Crippen LogP contribution in [0.3, 0.4) is 0 Å². The molecular weight excluding hydrogens is 660 g/mol. The van der Waals surface area contributed by atoms with E-state index in [-0.39, 0.29) is 52.1 Å². The summed E-state index contributed by atoms with van der Waals surface area (Å²) in [7, 11) is 0. The maximum atomic E-state index is 13.9. The molecule has 0 aliphatic heterocycles. The van der Waals surface area contributed by atoms with Gasteiger partial charge in [-0.3, -0.25) is 14.4 Å². The van der Waals surface area contributed by atoms with Crippen molar-refractivity contribution in [2.24, 2.45) is 62.1 Å². The van der Waals surface area contributed by atoms with E-state index in [0.29, 0.717) is 41.6 Å². The minimum Gasteiger partial charge on any atom is -0.481 e. The summed E-state index contributed by atoms with van der Waals surface area (Å²) in [6.07, 6.45) is 10.5. The minimum absolute atomic E-state index is 0.0140. The Morgan fingerprint density at radius 1 is 0.904 bits per heavy atom. The fraction of sp³-hybridized carbons (Fsp3) is 0.750. The fourth-order valence-corrected chi connectivity index (χ4v) is 13.6. The van der Waals surface area contributed by atoms with Crippen molar-refractivity contribution in [2.75, 3.05) is 0 Å². The largest absolute Gasteiger partial charge is 0.481 e. The molecule has 0 spiro atoms. The number of hydrogen-bond donors (Lipinski definition) is 2. The lowest BCUT2D eigenvalue weighted by molar-refractivity contribution is -0.250. The highest BCUT2D eigenvalue weighted by molar-refractivity contribution is 5.81. The number of carboxylic acid groups (broad SMARTS) is 1. The first kappa shape index (κ1) is 38.9. The van der Waals surface area contributed by atoms with E-state index in [0.717, 1.165) is 76.3 Å². The zero-order chi connectivity index (χ0) is 38.2. The van der Waals surface area contributed by atoms with Crippen molar-refractivity contribution in [2.45, 2.75) is 145 Å². The second-order valence-corrected chi connectivity index (χ2v) is 20.0. The van der Waals surface area contributed by atoms with Gasteiger partial charge in [0.25, 0.3) is 0 Å².